The maximum atomic E-state index is 12.1. The van der Waals surface area contributed by atoms with Crippen LogP contribution in [0.2, 0.25) is 0 Å². The van der Waals surface area contributed by atoms with Gasteiger partial charge in [0.15, 0.2) is 0 Å². The van der Waals surface area contributed by atoms with Crippen molar-refractivity contribution >= 4 is 16.8 Å². The number of hydrogen-bond donors (Lipinski definition) is 1. The zero-order valence-corrected chi connectivity index (χ0v) is 12.8. The largest absolute Gasteiger partial charge is 0.478 e. The van der Waals surface area contributed by atoms with Gasteiger partial charge in [-0.2, -0.15) is 0 Å². The molecule has 0 aromatic heterocycles. The Morgan fingerprint density at radius 3 is 2.38 bits per heavy atom. The van der Waals surface area contributed by atoms with Gasteiger partial charge in [-0.3, -0.25) is 4.21 Å². The van der Waals surface area contributed by atoms with Crippen molar-refractivity contribution in [1.82, 2.24) is 0 Å². The number of rotatable bonds is 11. The van der Waals surface area contributed by atoms with Gasteiger partial charge >= 0.3 is 5.97 Å². The lowest BCUT2D eigenvalue weighted by atomic mass is 10.2. The van der Waals surface area contributed by atoms with Crippen molar-refractivity contribution in [3.8, 4) is 0 Å². The van der Waals surface area contributed by atoms with Gasteiger partial charge in [-0.05, 0) is 12.1 Å². The molecule has 118 valence electrons. The second kappa shape index (κ2) is 10.4. The third kappa shape index (κ3) is 6.81. The molecule has 0 aliphatic heterocycles. The monoisotopic (exact) mass is 316 g/mol. The molecular formula is C14H20O6S. The minimum atomic E-state index is -1.39. The Labute approximate surface area is 126 Å². The summed E-state index contributed by atoms with van der Waals surface area (Å²) in [4.78, 5) is 11.4. The highest BCUT2D eigenvalue weighted by Crippen LogP contribution is 2.13. The Hall–Kier alpha value is -1.28. The van der Waals surface area contributed by atoms with E-state index in [-0.39, 0.29) is 17.9 Å². The van der Waals surface area contributed by atoms with Crippen LogP contribution in [0, 0.1) is 0 Å². The molecule has 0 radical (unpaired) electrons. The van der Waals surface area contributed by atoms with Crippen molar-refractivity contribution < 1.29 is 28.3 Å². The van der Waals surface area contributed by atoms with Crippen LogP contribution in [-0.4, -0.2) is 61.2 Å². The van der Waals surface area contributed by atoms with Crippen LogP contribution >= 0.6 is 0 Å². The molecule has 1 N–H and O–H groups in total. The van der Waals surface area contributed by atoms with Crippen LogP contribution in [0.1, 0.15) is 10.4 Å². The molecule has 1 unspecified atom stereocenters. The molecule has 0 bridgehead atoms. The molecule has 6 nitrogen and oxygen atoms in total. The quantitative estimate of drug-likeness (QED) is 0.617. The number of carboxylic acids is 1. The maximum Gasteiger partial charge on any atom is 0.336 e. The number of aromatic carboxylic acids is 1. The summed E-state index contributed by atoms with van der Waals surface area (Å²) in [7, 11) is 0.209. The van der Waals surface area contributed by atoms with E-state index in [1.807, 2.05) is 0 Å². The Morgan fingerprint density at radius 1 is 1.10 bits per heavy atom. The van der Waals surface area contributed by atoms with Gasteiger partial charge in [-0.25, -0.2) is 4.79 Å². The van der Waals surface area contributed by atoms with E-state index in [1.165, 1.54) is 6.07 Å². The number of methoxy groups -OCH3 is 1. The molecule has 0 saturated carbocycles. The number of carbonyl (C=O) groups is 1. The summed E-state index contributed by atoms with van der Waals surface area (Å²) in [6.45, 7) is 2.19. The predicted molar refractivity (Wildman–Crippen MR) is 78.2 cm³/mol. The number of benzene rings is 1. The Bertz CT molecular complexity index is 463. The van der Waals surface area contributed by atoms with E-state index in [4.69, 9.17) is 19.3 Å². The SMILES string of the molecule is COCCOCCOCCS(=O)c1ccccc1C(=O)O. The van der Waals surface area contributed by atoms with Crippen LogP contribution in [0.4, 0.5) is 0 Å². The summed E-state index contributed by atoms with van der Waals surface area (Å²) in [5.41, 5.74) is 0.0683. The van der Waals surface area contributed by atoms with Crippen molar-refractivity contribution in [3.05, 3.63) is 29.8 Å². The zero-order valence-electron chi connectivity index (χ0n) is 11.9. The molecule has 7 heteroatoms. The summed E-state index contributed by atoms with van der Waals surface area (Å²) in [6.07, 6.45) is 0. The molecule has 1 aromatic carbocycles. The first kappa shape index (κ1) is 17.8. The third-order valence-corrected chi connectivity index (χ3v) is 3.96. The van der Waals surface area contributed by atoms with Crippen molar-refractivity contribution in [2.24, 2.45) is 0 Å². The highest BCUT2D eigenvalue weighted by atomic mass is 32.2. The lowest BCUT2D eigenvalue weighted by Crippen LogP contribution is -2.13. The molecule has 0 heterocycles. The minimum Gasteiger partial charge on any atom is -0.478 e. The number of ether oxygens (including phenoxy) is 3. The number of carboxylic acid groups (broad SMARTS) is 1. The first-order valence-electron chi connectivity index (χ1n) is 6.52. The fraction of sp³-hybridized carbons (Fsp3) is 0.500. The van der Waals surface area contributed by atoms with Crippen LogP contribution in [0.3, 0.4) is 0 Å². The van der Waals surface area contributed by atoms with Gasteiger partial charge in [0, 0.05) is 7.11 Å². The van der Waals surface area contributed by atoms with Crippen molar-refractivity contribution in [2.45, 2.75) is 4.90 Å². The van der Waals surface area contributed by atoms with E-state index >= 15 is 0 Å². The zero-order chi connectivity index (χ0) is 15.5. The Kier molecular flexibility index (Phi) is 8.84. The first-order chi connectivity index (χ1) is 10.2. The smallest absolute Gasteiger partial charge is 0.336 e. The van der Waals surface area contributed by atoms with Crippen LogP contribution in [0.5, 0.6) is 0 Å². The van der Waals surface area contributed by atoms with E-state index in [9.17, 15) is 9.00 Å². The molecule has 0 aliphatic carbocycles. The average Bonchev–Trinajstić information content (AvgIpc) is 2.49. The fourth-order valence-electron chi connectivity index (χ4n) is 1.55. The molecule has 0 saturated heterocycles. The molecule has 1 rings (SSSR count). The normalized spacial score (nSPS) is 12.2. The highest BCUT2D eigenvalue weighted by molar-refractivity contribution is 7.85. The summed E-state index contributed by atoms with van der Waals surface area (Å²) in [6, 6.07) is 6.29. The minimum absolute atomic E-state index is 0.0683. The predicted octanol–water partition coefficient (Wildman–Crippen LogP) is 1.17. The van der Waals surface area contributed by atoms with E-state index in [2.05, 4.69) is 0 Å². The van der Waals surface area contributed by atoms with Crippen LogP contribution in [0.15, 0.2) is 29.2 Å². The fourth-order valence-corrected chi connectivity index (χ4v) is 2.67. The average molecular weight is 316 g/mol. The molecular weight excluding hydrogens is 296 g/mol. The topological polar surface area (TPSA) is 82.1 Å². The second-order valence-corrected chi connectivity index (χ2v) is 5.61. The summed E-state index contributed by atoms with van der Waals surface area (Å²) in [5.74, 6) is -0.825. The van der Waals surface area contributed by atoms with Gasteiger partial charge in [-0.15, -0.1) is 0 Å². The van der Waals surface area contributed by atoms with E-state index in [0.29, 0.717) is 31.3 Å². The van der Waals surface area contributed by atoms with E-state index in [1.54, 1.807) is 25.3 Å². The Morgan fingerprint density at radius 2 is 1.71 bits per heavy atom. The molecule has 1 atom stereocenters. The van der Waals surface area contributed by atoms with E-state index in [0.717, 1.165) is 0 Å². The molecule has 1 aromatic rings. The van der Waals surface area contributed by atoms with Gasteiger partial charge in [0.25, 0.3) is 0 Å². The van der Waals surface area contributed by atoms with Gasteiger partial charge in [-0.1, -0.05) is 12.1 Å². The standard InChI is InChI=1S/C14H20O6S/c1-18-6-7-19-8-9-20-10-11-21(17)13-5-3-2-4-12(13)14(15)16/h2-5H,6-11H2,1H3,(H,15,16). The summed E-state index contributed by atoms with van der Waals surface area (Å²) >= 11 is 0. The molecule has 0 aliphatic rings. The Balaban J connectivity index is 2.27. The first-order valence-corrected chi connectivity index (χ1v) is 7.84. The van der Waals surface area contributed by atoms with Gasteiger partial charge < -0.3 is 19.3 Å². The lowest BCUT2D eigenvalue weighted by molar-refractivity contribution is 0.0285. The highest BCUT2D eigenvalue weighted by Gasteiger charge is 2.14. The van der Waals surface area contributed by atoms with Gasteiger partial charge in [0.1, 0.15) is 0 Å². The van der Waals surface area contributed by atoms with E-state index < -0.39 is 16.8 Å². The van der Waals surface area contributed by atoms with Gasteiger partial charge in [0.05, 0.1) is 60.0 Å². The van der Waals surface area contributed by atoms with Gasteiger partial charge in [0.2, 0.25) is 0 Å². The second-order valence-electron chi connectivity index (χ2n) is 4.07. The summed E-state index contributed by atoms with van der Waals surface area (Å²) < 4.78 is 27.4. The van der Waals surface area contributed by atoms with Crippen molar-refractivity contribution in [1.29, 1.82) is 0 Å². The molecule has 0 amide bonds. The van der Waals surface area contributed by atoms with Crippen molar-refractivity contribution in [2.75, 3.05) is 45.9 Å². The van der Waals surface area contributed by atoms with Crippen LogP contribution in [0.25, 0.3) is 0 Å². The summed E-state index contributed by atoms with van der Waals surface area (Å²) in [5, 5.41) is 9.03. The van der Waals surface area contributed by atoms with Crippen molar-refractivity contribution in [3.63, 3.8) is 0 Å². The molecule has 0 spiro atoms. The van der Waals surface area contributed by atoms with Crippen LogP contribution in [-0.2, 0) is 25.0 Å². The molecule has 21 heavy (non-hydrogen) atoms. The lowest BCUT2D eigenvalue weighted by Gasteiger charge is -2.07. The number of hydrogen-bond acceptors (Lipinski definition) is 5. The maximum absolute atomic E-state index is 12.1. The molecule has 0 fully saturated rings. The third-order valence-electron chi connectivity index (χ3n) is 2.58. The van der Waals surface area contributed by atoms with Crippen LogP contribution < -0.4 is 0 Å².